The predicted molar refractivity (Wildman–Crippen MR) is 106 cm³/mol. The molecule has 1 aliphatic heterocycles. The van der Waals surface area contributed by atoms with Crippen LogP contribution in [0.15, 0.2) is 29.8 Å². The molecule has 7 nitrogen and oxygen atoms in total. The third-order valence-electron chi connectivity index (χ3n) is 4.52. The molecule has 0 spiro atoms. The molecule has 1 amide bonds. The zero-order valence-electron chi connectivity index (χ0n) is 15.1. The van der Waals surface area contributed by atoms with E-state index in [-0.39, 0.29) is 11.6 Å². The van der Waals surface area contributed by atoms with Gasteiger partial charge in [0.25, 0.3) is 5.91 Å². The van der Waals surface area contributed by atoms with Gasteiger partial charge in [-0.1, -0.05) is 11.6 Å². The summed E-state index contributed by atoms with van der Waals surface area (Å²) in [5.74, 6) is 0.442. The lowest BCUT2D eigenvalue weighted by molar-refractivity contribution is 0.0741. The monoisotopic (exact) mass is 402 g/mol. The van der Waals surface area contributed by atoms with Crippen molar-refractivity contribution in [2.75, 3.05) is 31.1 Å². The van der Waals surface area contributed by atoms with Gasteiger partial charge in [0.2, 0.25) is 0 Å². The van der Waals surface area contributed by atoms with Crippen LogP contribution in [0, 0.1) is 13.8 Å². The maximum absolute atomic E-state index is 13.0. The summed E-state index contributed by atoms with van der Waals surface area (Å²) in [6, 6.07) is 5.45. The highest BCUT2D eigenvalue weighted by Gasteiger charge is 2.26. The minimum absolute atomic E-state index is 0.151. The van der Waals surface area contributed by atoms with Crippen molar-refractivity contribution in [1.29, 1.82) is 0 Å². The molecule has 1 aliphatic rings. The van der Waals surface area contributed by atoms with E-state index in [0.29, 0.717) is 23.9 Å². The average molecular weight is 403 g/mol. The highest BCUT2D eigenvalue weighted by Crippen LogP contribution is 2.22. The number of amides is 1. The number of rotatable bonds is 3. The maximum atomic E-state index is 13.0. The third-order valence-corrected chi connectivity index (χ3v) is 5.65. The molecule has 0 aliphatic carbocycles. The van der Waals surface area contributed by atoms with Crippen LogP contribution in [0.5, 0.6) is 0 Å². The maximum Gasteiger partial charge on any atom is 0.274 e. The van der Waals surface area contributed by atoms with Gasteiger partial charge in [-0.3, -0.25) is 4.79 Å². The summed E-state index contributed by atoms with van der Waals surface area (Å²) >= 11 is 7.90. The Morgan fingerprint density at radius 3 is 2.59 bits per heavy atom. The zero-order valence-corrected chi connectivity index (χ0v) is 16.7. The van der Waals surface area contributed by atoms with Crippen molar-refractivity contribution in [1.82, 2.24) is 24.6 Å². The van der Waals surface area contributed by atoms with Crippen molar-refractivity contribution in [2.24, 2.45) is 0 Å². The van der Waals surface area contributed by atoms with Gasteiger partial charge in [0.15, 0.2) is 10.9 Å². The summed E-state index contributed by atoms with van der Waals surface area (Å²) < 4.78 is 1.73. The minimum atomic E-state index is -0.151. The molecule has 4 heterocycles. The lowest BCUT2D eigenvalue weighted by Gasteiger charge is -2.34. The Balaban J connectivity index is 1.54. The second-order valence-corrected chi connectivity index (χ2v) is 7.71. The van der Waals surface area contributed by atoms with Gasteiger partial charge >= 0.3 is 0 Å². The number of aryl methyl sites for hydroxylation is 2. The van der Waals surface area contributed by atoms with E-state index in [1.54, 1.807) is 39.2 Å². The van der Waals surface area contributed by atoms with Crippen LogP contribution < -0.4 is 4.90 Å². The number of carbonyl (C=O) groups excluding carboxylic acids is 1. The Kier molecular flexibility index (Phi) is 4.84. The Morgan fingerprint density at radius 2 is 1.96 bits per heavy atom. The third kappa shape index (κ3) is 3.54. The predicted octanol–water partition coefficient (Wildman–Crippen LogP) is 2.96. The van der Waals surface area contributed by atoms with E-state index in [0.717, 1.165) is 29.6 Å². The van der Waals surface area contributed by atoms with Crippen LogP contribution in [-0.4, -0.2) is 56.7 Å². The standard InChI is InChI=1S/C18H19ClN6OS/c1-12-11-13(2)25(22-12)15-4-3-14(19)16(21-15)17(26)23-6-8-24(9-7-23)18-20-5-10-27-18/h3-5,10-11H,6-9H2,1-2H3. The molecule has 1 fully saturated rings. The fraction of sp³-hybridized carbons (Fsp3) is 0.333. The Hall–Kier alpha value is -2.45. The lowest BCUT2D eigenvalue weighted by Crippen LogP contribution is -2.49. The van der Waals surface area contributed by atoms with Crippen LogP contribution in [-0.2, 0) is 0 Å². The summed E-state index contributed by atoms with van der Waals surface area (Å²) in [6.45, 7) is 6.59. The van der Waals surface area contributed by atoms with Crippen molar-refractivity contribution in [2.45, 2.75) is 13.8 Å². The Labute approximate surface area is 166 Å². The number of thiazole rings is 1. The molecule has 1 saturated heterocycles. The van der Waals surface area contributed by atoms with Crippen LogP contribution in [0.1, 0.15) is 21.9 Å². The van der Waals surface area contributed by atoms with Crippen molar-refractivity contribution in [3.05, 3.63) is 51.9 Å². The molecule has 0 saturated carbocycles. The van der Waals surface area contributed by atoms with E-state index >= 15 is 0 Å². The van der Waals surface area contributed by atoms with Gasteiger partial charge in [-0.2, -0.15) is 5.10 Å². The summed E-state index contributed by atoms with van der Waals surface area (Å²) in [5.41, 5.74) is 2.12. The molecule has 0 atom stereocenters. The van der Waals surface area contributed by atoms with Crippen LogP contribution in [0.25, 0.3) is 5.82 Å². The van der Waals surface area contributed by atoms with Gasteiger partial charge in [-0.25, -0.2) is 14.6 Å². The van der Waals surface area contributed by atoms with Crippen molar-refractivity contribution in [3.8, 4) is 5.82 Å². The second kappa shape index (κ2) is 7.28. The van der Waals surface area contributed by atoms with Gasteiger partial charge < -0.3 is 9.80 Å². The van der Waals surface area contributed by atoms with E-state index in [2.05, 4.69) is 20.0 Å². The molecule has 0 aromatic carbocycles. The van der Waals surface area contributed by atoms with E-state index < -0.39 is 0 Å². The van der Waals surface area contributed by atoms with E-state index in [1.165, 1.54) is 0 Å². The Morgan fingerprint density at radius 1 is 1.19 bits per heavy atom. The summed E-state index contributed by atoms with van der Waals surface area (Å²) in [5, 5.41) is 7.74. The molecule has 0 bridgehead atoms. The van der Waals surface area contributed by atoms with Crippen molar-refractivity contribution in [3.63, 3.8) is 0 Å². The van der Waals surface area contributed by atoms with E-state index in [9.17, 15) is 4.79 Å². The average Bonchev–Trinajstić information content (AvgIpc) is 3.31. The number of pyridine rings is 1. The number of nitrogens with zero attached hydrogens (tertiary/aromatic N) is 6. The van der Waals surface area contributed by atoms with Crippen molar-refractivity contribution >= 4 is 34.0 Å². The van der Waals surface area contributed by atoms with Gasteiger partial charge in [-0.15, -0.1) is 11.3 Å². The largest absolute Gasteiger partial charge is 0.345 e. The molecule has 3 aromatic rings. The summed E-state index contributed by atoms with van der Waals surface area (Å²) in [4.78, 5) is 25.8. The first-order chi connectivity index (χ1) is 13.0. The topological polar surface area (TPSA) is 67.2 Å². The highest BCUT2D eigenvalue weighted by atomic mass is 35.5. The van der Waals surface area contributed by atoms with Gasteiger partial charge in [-0.05, 0) is 32.0 Å². The zero-order chi connectivity index (χ0) is 19.0. The minimum Gasteiger partial charge on any atom is -0.345 e. The molecule has 27 heavy (non-hydrogen) atoms. The molecule has 0 radical (unpaired) electrons. The number of halogens is 1. The number of hydrogen-bond acceptors (Lipinski definition) is 6. The molecule has 9 heteroatoms. The molecule has 3 aromatic heterocycles. The first kappa shape index (κ1) is 17.9. The molecule has 0 N–H and O–H groups in total. The smallest absolute Gasteiger partial charge is 0.274 e. The summed E-state index contributed by atoms with van der Waals surface area (Å²) in [7, 11) is 0. The van der Waals surface area contributed by atoms with Crippen molar-refractivity contribution < 1.29 is 4.79 Å². The van der Waals surface area contributed by atoms with Crippen LogP contribution in [0.3, 0.4) is 0 Å². The second-order valence-electron chi connectivity index (χ2n) is 6.43. The van der Waals surface area contributed by atoms with E-state index in [1.807, 2.05) is 25.3 Å². The van der Waals surface area contributed by atoms with Gasteiger partial charge in [0, 0.05) is 43.4 Å². The molecular formula is C18H19ClN6OS. The lowest BCUT2D eigenvalue weighted by atomic mass is 10.2. The number of hydrogen-bond donors (Lipinski definition) is 0. The number of aromatic nitrogens is 4. The van der Waals surface area contributed by atoms with Gasteiger partial charge in [0.1, 0.15) is 5.69 Å². The molecule has 4 rings (SSSR count). The van der Waals surface area contributed by atoms with Gasteiger partial charge in [0.05, 0.1) is 10.7 Å². The van der Waals surface area contributed by atoms with Crippen LogP contribution in [0.4, 0.5) is 5.13 Å². The van der Waals surface area contributed by atoms with E-state index in [4.69, 9.17) is 11.6 Å². The fourth-order valence-corrected chi connectivity index (χ4v) is 4.07. The van der Waals surface area contributed by atoms with Crippen LogP contribution >= 0.6 is 22.9 Å². The summed E-state index contributed by atoms with van der Waals surface area (Å²) in [6.07, 6.45) is 1.80. The van der Waals surface area contributed by atoms with Crippen LogP contribution in [0.2, 0.25) is 5.02 Å². The molecule has 0 unspecified atom stereocenters. The number of carbonyl (C=O) groups is 1. The SMILES string of the molecule is Cc1cc(C)n(-c2ccc(Cl)c(C(=O)N3CCN(c4nccs4)CC3)n2)n1. The quantitative estimate of drug-likeness (QED) is 0.673. The Bertz CT molecular complexity index is 962. The number of piperazine rings is 1. The number of anilines is 1. The highest BCUT2D eigenvalue weighted by molar-refractivity contribution is 7.13. The fourth-order valence-electron chi connectivity index (χ4n) is 3.18. The first-order valence-corrected chi connectivity index (χ1v) is 9.92. The molecule has 140 valence electrons. The first-order valence-electron chi connectivity index (χ1n) is 8.67. The molecular weight excluding hydrogens is 384 g/mol. The normalized spacial score (nSPS) is 14.6.